The summed E-state index contributed by atoms with van der Waals surface area (Å²) in [6, 6.07) is -0.791. The third-order valence-corrected chi connectivity index (χ3v) is 6.26. The van der Waals surface area contributed by atoms with E-state index in [9.17, 15) is 18.0 Å². The van der Waals surface area contributed by atoms with E-state index in [4.69, 9.17) is 10.8 Å². The third kappa shape index (κ3) is 3.35. The number of hydrogen-bond donors (Lipinski definition) is 2. The molecule has 9 heteroatoms. The molecule has 2 fully saturated rings. The number of primary amides is 1. The molecule has 8 nitrogen and oxygen atoms in total. The van der Waals surface area contributed by atoms with Crippen LogP contribution in [0.4, 0.5) is 0 Å². The highest BCUT2D eigenvalue weighted by molar-refractivity contribution is 7.86. The Morgan fingerprint density at radius 1 is 1.05 bits per heavy atom. The highest BCUT2D eigenvalue weighted by atomic mass is 32.2. The Bertz CT molecular complexity index is 513. The quantitative estimate of drug-likeness (QED) is 0.714. The Morgan fingerprint density at radius 3 is 2.19 bits per heavy atom. The van der Waals surface area contributed by atoms with Crippen LogP contribution in [0, 0.1) is 5.92 Å². The molecule has 1 amide bonds. The summed E-state index contributed by atoms with van der Waals surface area (Å²) in [5.41, 5.74) is 5.30. The zero-order chi connectivity index (χ0) is 15.6. The average molecular weight is 319 g/mol. The van der Waals surface area contributed by atoms with Crippen LogP contribution in [0.15, 0.2) is 0 Å². The van der Waals surface area contributed by atoms with Gasteiger partial charge in [0, 0.05) is 19.6 Å². The predicted octanol–water partition coefficient (Wildman–Crippen LogP) is -0.632. The van der Waals surface area contributed by atoms with Crippen molar-refractivity contribution in [2.45, 2.75) is 38.1 Å². The molecule has 2 rings (SSSR count). The van der Waals surface area contributed by atoms with Gasteiger partial charge in [0.25, 0.3) is 10.2 Å². The molecule has 0 spiro atoms. The van der Waals surface area contributed by atoms with E-state index >= 15 is 0 Å². The first kappa shape index (κ1) is 16.2. The van der Waals surface area contributed by atoms with Gasteiger partial charge in [0.2, 0.25) is 5.91 Å². The van der Waals surface area contributed by atoms with E-state index in [1.54, 1.807) is 0 Å². The fourth-order valence-corrected chi connectivity index (χ4v) is 4.81. The summed E-state index contributed by atoms with van der Waals surface area (Å²) in [6.07, 6.45) is 2.52. The minimum absolute atomic E-state index is 0.168. The van der Waals surface area contributed by atoms with Gasteiger partial charge < -0.3 is 10.8 Å². The molecular weight excluding hydrogens is 298 g/mol. The second kappa shape index (κ2) is 6.29. The zero-order valence-electron chi connectivity index (χ0n) is 11.8. The van der Waals surface area contributed by atoms with Crippen molar-refractivity contribution in [3.05, 3.63) is 0 Å². The number of rotatable bonds is 4. The molecule has 0 aromatic carbocycles. The van der Waals surface area contributed by atoms with E-state index in [1.807, 2.05) is 0 Å². The molecule has 1 unspecified atom stereocenters. The van der Waals surface area contributed by atoms with E-state index in [2.05, 4.69) is 0 Å². The van der Waals surface area contributed by atoms with Gasteiger partial charge in [0.15, 0.2) is 0 Å². The maximum Gasteiger partial charge on any atom is 0.306 e. The summed E-state index contributed by atoms with van der Waals surface area (Å²) >= 11 is 0. The van der Waals surface area contributed by atoms with Gasteiger partial charge in [0.1, 0.15) is 6.04 Å². The molecule has 120 valence electrons. The van der Waals surface area contributed by atoms with Crippen LogP contribution in [0.1, 0.15) is 32.1 Å². The largest absolute Gasteiger partial charge is 0.481 e. The number of aliphatic carboxylic acids is 1. The Morgan fingerprint density at radius 2 is 1.67 bits per heavy atom. The molecule has 0 bridgehead atoms. The molecule has 0 saturated carbocycles. The minimum atomic E-state index is -3.76. The third-order valence-electron chi connectivity index (χ3n) is 4.21. The molecule has 1 atom stereocenters. The van der Waals surface area contributed by atoms with Crippen LogP contribution >= 0.6 is 0 Å². The van der Waals surface area contributed by atoms with Gasteiger partial charge in [0.05, 0.1) is 5.92 Å². The molecular formula is C12H21N3O5S. The van der Waals surface area contributed by atoms with Crippen molar-refractivity contribution in [1.29, 1.82) is 0 Å². The molecule has 21 heavy (non-hydrogen) atoms. The minimum Gasteiger partial charge on any atom is -0.481 e. The van der Waals surface area contributed by atoms with Crippen molar-refractivity contribution in [2.75, 3.05) is 19.6 Å². The molecule has 2 aliphatic heterocycles. The van der Waals surface area contributed by atoms with Crippen LogP contribution in [-0.4, -0.2) is 59.7 Å². The number of carbonyl (C=O) groups excluding carboxylic acids is 1. The first-order valence-electron chi connectivity index (χ1n) is 7.13. The first-order chi connectivity index (χ1) is 9.84. The second-order valence-electron chi connectivity index (χ2n) is 5.54. The van der Waals surface area contributed by atoms with Gasteiger partial charge >= 0.3 is 5.97 Å². The number of carboxylic acid groups (broad SMARTS) is 1. The van der Waals surface area contributed by atoms with Gasteiger partial charge in [-0.2, -0.15) is 17.0 Å². The molecule has 0 aromatic rings. The summed E-state index contributed by atoms with van der Waals surface area (Å²) in [6.45, 7) is 0.622. The lowest BCUT2D eigenvalue weighted by molar-refractivity contribution is -0.142. The second-order valence-corrected chi connectivity index (χ2v) is 7.43. The van der Waals surface area contributed by atoms with Gasteiger partial charge in [-0.1, -0.05) is 6.42 Å². The van der Waals surface area contributed by atoms with Crippen LogP contribution in [0.25, 0.3) is 0 Å². The van der Waals surface area contributed by atoms with Gasteiger partial charge in [-0.15, -0.1) is 0 Å². The van der Waals surface area contributed by atoms with Crippen molar-refractivity contribution < 1.29 is 23.1 Å². The lowest BCUT2D eigenvalue weighted by Crippen LogP contribution is -2.56. The number of hydrogen-bond acceptors (Lipinski definition) is 4. The van der Waals surface area contributed by atoms with E-state index in [0.29, 0.717) is 25.7 Å². The van der Waals surface area contributed by atoms with Crippen molar-refractivity contribution in [1.82, 2.24) is 8.61 Å². The fourth-order valence-electron chi connectivity index (χ4n) is 2.95. The Labute approximate surface area is 124 Å². The number of nitrogens with two attached hydrogens (primary N) is 1. The maximum absolute atomic E-state index is 12.6. The molecule has 2 heterocycles. The van der Waals surface area contributed by atoms with Crippen LogP contribution in [0.2, 0.25) is 0 Å². The van der Waals surface area contributed by atoms with Crippen LogP contribution in [0.5, 0.6) is 0 Å². The van der Waals surface area contributed by atoms with Crippen LogP contribution in [-0.2, 0) is 19.8 Å². The van der Waals surface area contributed by atoms with E-state index < -0.39 is 34.0 Å². The predicted molar refractivity (Wildman–Crippen MR) is 74.4 cm³/mol. The normalized spacial score (nSPS) is 26.6. The van der Waals surface area contributed by atoms with Crippen molar-refractivity contribution in [3.8, 4) is 0 Å². The topological polar surface area (TPSA) is 121 Å². The SMILES string of the molecule is NC(=O)C1CCCCN1S(=O)(=O)N1CCC(C(=O)O)CC1. The van der Waals surface area contributed by atoms with Gasteiger partial charge in [-0.05, 0) is 25.7 Å². The average Bonchev–Trinajstić information content (AvgIpc) is 2.47. The number of carbonyl (C=O) groups is 2. The van der Waals surface area contributed by atoms with Crippen molar-refractivity contribution >= 4 is 22.1 Å². The van der Waals surface area contributed by atoms with E-state index in [1.165, 1.54) is 8.61 Å². The zero-order valence-corrected chi connectivity index (χ0v) is 12.6. The van der Waals surface area contributed by atoms with Gasteiger partial charge in [-0.25, -0.2) is 0 Å². The van der Waals surface area contributed by atoms with E-state index in [-0.39, 0.29) is 19.6 Å². The fraction of sp³-hybridized carbons (Fsp3) is 0.833. The van der Waals surface area contributed by atoms with Crippen molar-refractivity contribution in [2.24, 2.45) is 11.7 Å². The molecule has 0 radical (unpaired) electrons. The van der Waals surface area contributed by atoms with Crippen LogP contribution in [0.3, 0.4) is 0 Å². The standard InChI is InChI=1S/C12H21N3O5S/c13-11(16)10-3-1-2-6-15(10)21(19,20)14-7-4-9(5-8-14)12(17)18/h9-10H,1-8H2,(H2,13,16)(H,17,18). The van der Waals surface area contributed by atoms with E-state index in [0.717, 1.165) is 6.42 Å². The molecule has 0 aliphatic carbocycles. The molecule has 0 aromatic heterocycles. The van der Waals surface area contributed by atoms with Gasteiger partial charge in [-0.3, -0.25) is 9.59 Å². The number of amides is 1. The number of piperidine rings is 2. The Kier molecular flexibility index (Phi) is 4.84. The van der Waals surface area contributed by atoms with Crippen molar-refractivity contribution in [3.63, 3.8) is 0 Å². The monoisotopic (exact) mass is 319 g/mol. The molecule has 2 aliphatic rings. The molecule has 2 saturated heterocycles. The summed E-state index contributed by atoms with van der Waals surface area (Å²) in [7, 11) is -3.76. The summed E-state index contributed by atoms with van der Waals surface area (Å²) in [5.74, 6) is -2.01. The summed E-state index contributed by atoms with van der Waals surface area (Å²) in [5, 5.41) is 8.95. The number of carboxylic acids is 1. The summed E-state index contributed by atoms with van der Waals surface area (Å²) in [4.78, 5) is 22.4. The lowest BCUT2D eigenvalue weighted by Gasteiger charge is -2.38. The lowest BCUT2D eigenvalue weighted by atomic mass is 9.99. The first-order valence-corrected chi connectivity index (χ1v) is 8.52. The smallest absolute Gasteiger partial charge is 0.306 e. The summed E-state index contributed by atoms with van der Waals surface area (Å²) < 4.78 is 27.7. The number of nitrogens with zero attached hydrogens (tertiary/aromatic N) is 2. The Hall–Kier alpha value is -1.19. The van der Waals surface area contributed by atoms with Crippen LogP contribution < -0.4 is 5.73 Å². The Balaban J connectivity index is 2.10. The molecule has 3 N–H and O–H groups in total. The maximum atomic E-state index is 12.6. The highest BCUT2D eigenvalue weighted by Gasteiger charge is 2.40. The highest BCUT2D eigenvalue weighted by Crippen LogP contribution is 2.26.